The molecule has 0 aromatic heterocycles. The van der Waals surface area contributed by atoms with E-state index in [-0.39, 0.29) is 18.9 Å². The molecule has 6 heteroatoms. The normalized spacial score (nSPS) is 10.8. The zero-order valence-electron chi connectivity index (χ0n) is 14.8. The molecule has 1 N–H and O–H groups in total. The van der Waals surface area contributed by atoms with E-state index in [1.165, 1.54) is 0 Å². The van der Waals surface area contributed by atoms with Crippen LogP contribution in [0.5, 0.6) is 0 Å². The monoisotopic (exact) mass is 354 g/mol. The summed E-state index contributed by atoms with van der Waals surface area (Å²) in [5.41, 5.74) is 4.54. The van der Waals surface area contributed by atoms with Gasteiger partial charge in [0.2, 0.25) is 0 Å². The van der Waals surface area contributed by atoms with Crippen molar-refractivity contribution in [1.29, 1.82) is 0 Å². The molecule has 0 fully saturated rings. The van der Waals surface area contributed by atoms with E-state index in [0.29, 0.717) is 0 Å². The zero-order chi connectivity index (χ0) is 18.8. The molecule has 0 heterocycles. The highest BCUT2D eigenvalue weighted by molar-refractivity contribution is 5.96. The molecule has 0 amide bonds. The lowest BCUT2D eigenvalue weighted by atomic mass is 10.2. The number of hydrazine groups is 1. The Balaban J connectivity index is 2.39. The third-order valence-corrected chi connectivity index (χ3v) is 3.31. The molecule has 0 aliphatic heterocycles. The highest BCUT2D eigenvalue weighted by Crippen LogP contribution is 2.23. The van der Waals surface area contributed by atoms with Crippen LogP contribution in [0.3, 0.4) is 0 Å². The van der Waals surface area contributed by atoms with Gasteiger partial charge >= 0.3 is 11.9 Å². The SMILES string of the molecule is CCOC(=O)/C=C(/NN(c1ccccc1)c1ccccc1)C(=O)OCC. The Bertz CT molecular complexity index is 705. The molecule has 0 bridgehead atoms. The first kappa shape index (κ1) is 19.1. The molecule has 0 atom stereocenters. The Kier molecular flexibility index (Phi) is 7.24. The quantitative estimate of drug-likeness (QED) is 0.445. The highest BCUT2D eigenvalue weighted by atomic mass is 16.5. The summed E-state index contributed by atoms with van der Waals surface area (Å²) in [5, 5.41) is 1.70. The molecule has 0 spiro atoms. The van der Waals surface area contributed by atoms with Crippen LogP contribution >= 0.6 is 0 Å². The lowest BCUT2D eigenvalue weighted by Gasteiger charge is -2.27. The van der Waals surface area contributed by atoms with Gasteiger partial charge in [-0.1, -0.05) is 36.4 Å². The molecule has 2 aromatic carbocycles. The van der Waals surface area contributed by atoms with Gasteiger partial charge in [0, 0.05) is 0 Å². The van der Waals surface area contributed by atoms with E-state index < -0.39 is 11.9 Å². The fourth-order valence-electron chi connectivity index (χ4n) is 2.20. The number of para-hydroxylation sites is 2. The smallest absolute Gasteiger partial charge is 0.356 e. The van der Waals surface area contributed by atoms with Crippen LogP contribution < -0.4 is 10.4 Å². The Morgan fingerprint density at radius 3 is 1.85 bits per heavy atom. The van der Waals surface area contributed by atoms with Crippen molar-refractivity contribution < 1.29 is 19.1 Å². The Hall–Kier alpha value is -3.28. The van der Waals surface area contributed by atoms with Gasteiger partial charge in [-0.2, -0.15) is 0 Å². The second-order valence-corrected chi connectivity index (χ2v) is 5.15. The zero-order valence-corrected chi connectivity index (χ0v) is 14.8. The number of hydrogen-bond acceptors (Lipinski definition) is 6. The van der Waals surface area contributed by atoms with Gasteiger partial charge in [-0.05, 0) is 38.1 Å². The number of benzene rings is 2. The Morgan fingerprint density at radius 2 is 1.38 bits per heavy atom. The van der Waals surface area contributed by atoms with Crippen molar-refractivity contribution in [2.24, 2.45) is 0 Å². The first-order chi connectivity index (χ1) is 12.7. The molecule has 0 radical (unpaired) electrons. The van der Waals surface area contributed by atoms with E-state index in [1.807, 2.05) is 60.7 Å². The maximum Gasteiger partial charge on any atom is 0.356 e. The molecule has 0 aliphatic rings. The van der Waals surface area contributed by atoms with Gasteiger partial charge in [0.25, 0.3) is 0 Å². The molecule has 26 heavy (non-hydrogen) atoms. The molecule has 0 saturated heterocycles. The third kappa shape index (κ3) is 5.37. The summed E-state index contributed by atoms with van der Waals surface area (Å²) in [4.78, 5) is 24.1. The largest absolute Gasteiger partial charge is 0.463 e. The predicted molar refractivity (Wildman–Crippen MR) is 99.5 cm³/mol. The van der Waals surface area contributed by atoms with Crippen molar-refractivity contribution in [2.45, 2.75) is 13.8 Å². The van der Waals surface area contributed by atoms with E-state index >= 15 is 0 Å². The molecular formula is C20H22N2O4. The lowest BCUT2D eigenvalue weighted by molar-refractivity contribution is -0.141. The van der Waals surface area contributed by atoms with Gasteiger partial charge in [0.05, 0.1) is 30.7 Å². The molecule has 136 valence electrons. The van der Waals surface area contributed by atoms with Gasteiger partial charge < -0.3 is 9.47 Å². The average molecular weight is 354 g/mol. The van der Waals surface area contributed by atoms with Crippen LogP contribution in [0.1, 0.15) is 13.8 Å². The molecule has 6 nitrogen and oxygen atoms in total. The second-order valence-electron chi connectivity index (χ2n) is 5.15. The molecule has 0 unspecified atom stereocenters. The number of hydrogen-bond donors (Lipinski definition) is 1. The number of carbonyl (C=O) groups is 2. The van der Waals surface area contributed by atoms with Gasteiger partial charge in [-0.15, -0.1) is 0 Å². The van der Waals surface area contributed by atoms with Gasteiger partial charge in [-0.25, -0.2) is 9.59 Å². The maximum atomic E-state index is 12.3. The van der Waals surface area contributed by atoms with Crippen molar-refractivity contribution in [3.63, 3.8) is 0 Å². The summed E-state index contributed by atoms with van der Waals surface area (Å²) in [5.74, 6) is -1.26. The van der Waals surface area contributed by atoms with Gasteiger partial charge in [0.1, 0.15) is 5.70 Å². The number of carbonyl (C=O) groups excluding carboxylic acids is 2. The number of esters is 2. The van der Waals surface area contributed by atoms with Crippen molar-refractivity contribution in [2.75, 3.05) is 18.2 Å². The molecular weight excluding hydrogens is 332 g/mol. The molecule has 0 saturated carbocycles. The van der Waals surface area contributed by atoms with Crippen molar-refractivity contribution >= 4 is 23.3 Å². The summed E-state index contributed by atoms with van der Waals surface area (Å²) in [6.07, 6.45) is 1.10. The summed E-state index contributed by atoms with van der Waals surface area (Å²) in [7, 11) is 0. The Morgan fingerprint density at radius 1 is 0.885 bits per heavy atom. The minimum atomic E-state index is -0.641. The van der Waals surface area contributed by atoms with Gasteiger partial charge in [-0.3, -0.25) is 10.4 Å². The Labute approximate surface area is 153 Å². The van der Waals surface area contributed by atoms with Crippen molar-refractivity contribution in [3.05, 3.63) is 72.4 Å². The third-order valence-electron chi connectivity index (χ3n) is 3.31. The fourth-order valence-corrected chi connectivity index (χ4v) is 2.20. The minimum absolute atomic E-state index is 0.0157. The predicted octanol–water partition coefficient (Wildman–Crippen LogP) is 3.34. The van der Waals surface area contributed by atoms with E-state index in [9.17, 15) is 9.59 Å². The first-order valence-electron chi connectivity index (χ1n) is 8.38. The van der Waals surface area contributed by atoms with Gasteiger partial charge in [0.15, 0.2) is 0 Å². The standard InChI is InChI=1S/C20H22N2O4/c1-3-25-19(23)15-18(20(24)26-4-2)21-22(16-11-7-5-8-12-16)17-13-9-6-10-14-17/h5-15,21H,3-4H2,1-2H3/b18-15+. The topological polar surface area (TPSA) is 67.9 Å². The van der Waals surface area contributed by atoms with Crippen LogP contribution in [-0.2, 0) is 19.1 Å². The number of ether oxygens (including phenoxy) is 2. The lowest BCUT2D eigenvalue weighted by Crippen LogP contribution is -2.37. The van der Waals surface area contributed by atoms with E-state index in [1.54, 1.807) is 18.9 Å². The van der Waals surface area contributed by atoms with E-state index in [4.69, 9.17) is 9.47 Å². The summed E-state index contributed by atoms with van der Waals surface area (Å²) >= 11 is 0. The maximum absolute atomic E-state index is 12.3. The molecule has 2 aromatic rings. The van der Waals surface area contributed by atoms with E-state index in [2.05, 4.69) is 5.43 Å². The highest BCUT2D eigenvalue weighted by Gasteiger charge is 2.18. The molecule has 2 rings (SSSR count). The van der Waals surface area contributed by atoms with Crippen LogP contribution in [0, 0.1) is 0 Å². The summed E-state index contributed by atoms with van der Waals surface area (Å²) in [6.45, 7) is 3.80. The number of nitrogens with zero attached hydrogens (tertiary/aromatic N) is 1. The summed E-state index contributed by atoms with van der Waals surface area (Å²) in [6, 6.07) is 18.8. The van der Waals surface area contributed by atoms with Crippen LogP contribution in [0.25, 0.3) is 0 Å². The van der Waals surface area contributed by atoms with Crippen LogP contribution in [-0.4, -0.2) is 25.2 Å². The summed E-state index contributed by atoms with van der Waals surface area (Å²) < 4.78 is 9.96. The van der Waals surface area contributed by atoms with Crippen molar-refractivity contribution in [3.8, 4) is 0 Å². The average Bonchev–Trinajstić information content (AvgIpc) is 2.67. The van der Waals surface area contributed by atoms with Crippen molar-refractivity contribution in [1.82, 2.24) is 5.43 Å². The van der Waals surface area contributed by atoms with Crippen LogP contribution in [0.15, 0.2) is 72.4 Å². The van der Waals surface area contributed by atoms with E-state index in [0.717, 1.165) is 17.5 Å². The number of rotatable bonds is 8. The van der Waals surface area contributed by atoms with Crippen LogP contribution in [0.4, 0.5) is 11.4 Å². The fraction of sp³-hybridized carbons (Fsp3) is 0.200. The van der Waals surface area contributed by atoms with Crippen LogP contribution in [0.2, 0.25) is 0 Å². The minimum Gasteiger partial charge on any atom is -0.463 e. The second kappa shape index (κ2) is 9.88. The number of anilines is 2. The first-order valence-corrected chi connectivity index (χ1v) is 8.38. The molecule has 0 aliphatic carbocycles. The number of nitrogens with one attached hydrogen (secondary N) is 1.